The monoisotopic (exact) mass is 555 g/mol. The van der Waals surface area contributed by atoms with Crippen LogP contribution in [0.2, 0.25) is 0 Å². The molecule has 1 saturated heterocycles. The second-order valence-electron chi connectivity index (χ2n) is 10.7. The highest BCUT2D eigenvalue weighted by atomic mass is 19.1. The molecule has 1 aliphatic carbocycles. The Balaban J connectivity index is 1.05. The maximum absolute atomic E-state index is 13.3. The van der Waals surface area contributed by atoms with E-state index in [9.17, 15) is 23.6 Å². The van der Waals surface area contributed by atoms with Gasteiger partial charge in [0.05, 0.1) is 23.6 Å². The fraction of sp³-hybridized carbons (Fsp3) is 0.312. The number of Topliss-reactive ketones (excluding diaryl/α,β-unsaturated/α-hetero) is 2. The third-order valence-corrected chi connectivity index (χ3v) is 8.05. The maximum Gasteiger partial charge on any atom is 0.266 e. The number of nitrogens with zero attached hydrogens (tertiary/aromatic N) is 3. The van der Waals surface area contributed by atoms with Crippen molar-refractivity contribution < 1.29 is 28.3 Å². The van der Waals surface area contributed by atoms with Gasteiger partial charge in [-0.15, -0.1) is 0 Å². The fourth-order valence-electron chi connectivity index (χ4n) is 5.78. The lowest BCUT2D eigenvalue weighted by molar-refractivity contribution is -0.132. The molecule has 6 rings (SSSR count). The summed E-state index contributed by atoms with van der Waals surface area (Å²) in [4.78, 5) is 56.1. The number of hydrogen-bond donors (Lipinski definition) is 0. The van der Waals surface area contributed by atoms with Gasteiger partial charge in [-0.2, -0.15) is 0 Å². The summed E-state index contributed by atoms with van der Waals surface area (Å²) >= 11 is 0. The van der Waals surface area contributed by atoms with Crippen molar-refractivity contribution in [3.63, 3.8) is 0 Å². The van der Waals surface area contributed by atoms with Crippen molar-refractivity contribution in [2.45, 2.75) is 38.5 Å². The summed E-state index contributed by atoms with van der Waals surface area (Å²) in [5.41, 5.74) is 3.52. The number of carbonyl (C=O) groups excluding carboxylic acids is 4. The Morgan fingerprint density at radius 3 is 2.22 bits per heavy atom. The van der Waals surface area contributed by atoms with Gasteiger partial charge in [-0.25, -0.2) is 4.39 Å². The third-order valence-electron chi connectivity index (χ3n) is 8.05. The molecule has 1 saturated carbocycles. The molecule has 2 aliphatic heterocycles. The molecular formula is C32H30FN3O5. The zero-order valence-electron chi connectivity index (χ0n) is 22.6. The normalized spacial score (nSPS) is 19.6. The van der Waals surface area contributed by atoms with Gasteiger partial charge in [0.2, 0.25) is 0 Å². The number of piperazine rings is 1. The Morgan fingerprint density at radius 1 is 0.805 bits per heavy atom. The summed E-state index contributed by atoms with van der Waals surface area (Å²) < 4.78 is 19.2. The first-order valence-electron chi connectivity index (χ1n) is 13.9. The molecule has 41 heavy (non-hydrogen) atoms. The largest absolute Gasteiger partial charge is 0.488 e. The summed E-state index contributed by atoms with van der Waals surface area (Å²) in [7, 11) is 0. The van der Waals surface area contributed by atoms with Crippen LogP contribution in [0, 0.1) is 5.82 Å². The van der Waals surface area contributed by atoms with E-state index in [0.29, 0.717) is 5.75 Å². The summed E-state index contributed by atoms with van der Waals surface area (Å²) in [6.07, 6.45) is 0.0919. The number of hydrogen-bond acceptors (Lipinski definition) is 7. The minimum Gasteiger partial charge on any atom is -0.488 e. The zero-order chi connectivity index (χ0) is 28.5. The molecule has 0 N–H and O–H groups in total. The lowest BCUT2D eigenvalue weighted by atomic mass is 9.92. The fourth-order valence-corrected chi connectivity index (χ4v) is 5.78. The first kappa shape index (κ1) is 26.8. The lowest BCUT2D eigenvalue weighted by Gasteiger charge is -2.36. The summed E-state index contributed by atoms with van der Waals surface area (Å²) in [6.45, 7) is 4.62. The van der Waals surface area contributed by atoms with Crippen LogP contribution in [0.4, 0.5) is 10.1 Å². The number of fused-ring (bicyclic) bond motifs is 1. The molecule has 0 radical (unpaired) electrons. The molecule has 1 atom stereocenters. The number of amides is 2. The molecule has 9 heteroatoms. The molecule has 1 unspecified atom stereocenters. The molecular weight excluding hydrogens is 525 g/mol. The van der Waals surface area contributed by atoms with Crippen LogP contribution in [-0.2, 0) is 22.7 Å². The zero-order valence-corrected chi connectivity index (χ0v) is 22.6. The highest BCUT2D eigenvalue weighted by Gasteiger charge is 2.45. The van der Waals surface area contributed by atoms with Gasteiger partial charge in [-0.3, -0.25) is 29.0 Å². The number of benzene rings is 3. The Bertz CT molecular complexity index is 1500. The third kappa shape index (κ3) is 5.50. The number of anilines is 1. The first-order chi connectivity index (χ1) is 19.9. The Labute approximate surface area is 237 Å². The molecule has 2 fully saturated rings. The van der Waals surface area contributed by atoms with E-state index < -0.39 is 23.6 Å². The van der Waals surface area contributed by atoms with E-state index in [-0.39, 0.29) is 48.6 Å². The van der Waals surface area contributed by atoms with Crippen molar-refractivity contribution in [3.8, 4) is 5.75 Å². The molecule has 210 valence electrons. The topological polar surface area (TPSA) is 87.2 Å². The van der Waals surface area contributed by atoms with Crippen LogP contribution in [0.3, 0.4) is 0 Å². The van der Waals surface area contributed by atoms with Gasteiger partial charge in [0.1, 0.15) is 24.0 Å². The van der Waals surface area contributed by atoms with Gasteiger partial charge in [0.15, 0.2) is 5.78 Å². The van der Waals surface area contributed by atoms with Crippen molar-refractivity contribution in [2.75, 3.05) is 31.1 Å². The number of ketones is 2. The molecule has 8 nitrogen and oxygen atoms in total. The predicted octanol–water partition coefficient (Wildman–Crippen LogP) is 4.01. The van der Waals surface area contributed by atoms with E-state index in [1.54, 1.807) is 18.2 Å². The second-order valence-corrected chi connectivity index (χ2v) is 10.7. The van der Waals surface area contributed by atoms with Gasteiger partial charge in [-0.05, 0) is 53.9 Å². The van der Waals surface area contributed by atoms with Crippen molar-refractivity contribution in [1.29, 1.82) is 0 Å². The number of ether oxygens (including phenoxy) is 1. The molecule has 2 amide bonds. The van der Waals surface area contributed by atoms with Crippen molar-refractivity contribution >= 4 is 29.1 Å². The molecule has 3 aromatic rings. The van der Waals surface area contributed by atoms with E-state index in [1.165, 1.54) is 17.7 Å². The Kier molecular flexibility index (Phi) is 7.36. The lowest BCUT2D eigenvalue weighted by Crippen LogP contribution is -2.47. The van der Waals surface area contributed by atoms with Gasteiger partial charge >= 0.3 is 0 Å². The van der Waals surface area contributed by atoms with Crippen LogP contribution in [-0.4, -0.2) is 65.4 Å². The number of carbonyl (C=O) groups is 4. The average Bonchev–Trinajstić information content (AvgIpc) is 3.23. The summed E-state index contributed by atoms with van der Waals surface area (Å²) in [6, 6.07) is 18.7. The summed E-state index contributed by atoms with van der Waals surface area (Å²) in [5, 5.41) is 0. The Morgan fingerprint density at radius 2 is 1.51 bits per heavy atom. The minimum absolute atomic E-state index is 0.162. The van der Waals surface area contributed by atoms with Crippen molar-refractivity contribution in [2.24, 2.45) is 0 Å². The number of rotatable bonds is 7. The van der Waals surface area contributed by atoms with Gasteiger partial charge in [0, 0.05) is 44.8 Å². The van der Waals surface area contributed by atoms with Crippen LogP contribution < -0.4 is 9.64 Å². The highest BCUT2D eigenvalue weighted by molar-refractivity contribution is 6.24. The first-order valence-corrected chi connectivity index (χ1v) is 13.9. The van der Waals surface area contributed by atoms with Crippen LogP contribution in [0.5, 0.6) is 5.75 Å². The highest BCUT2D eigenvalue weighted by Crippen LogP contribution is 2.34. The van der Waals surface area contributed by atoms with E-state index in [0.717, 1.165) is 48.9 Å². The quantitative estimate of drug-likeness (QED) is 0.322. The standard InChI is InChI=1S/C32H30FN3O5/c33-23-8-10-24(11-9-23)35-16-14-34(15-17-35)19-21-4-6-22(7-5-21)20-41-29-3-1-2-26-30(29)32(40)36(31(26)39)27-13-12-25(37)18-28(27)38/h1-11,27H,12-20H2. The maximum atomic E-state index is 13.3. The van der Waals surface area contributed by atoms with Gasteiger partial charge in [-0.1, -0.05) is 30.3 Å². The van der Waals surface area contributed by atoms with E-state index in [2.05, 4.69) is 21.9 Å². The van der Waals surface area contributed by atoms with Crippen LogP contribution in [0.25, 0.3) is 0 Å². The second kappa shape index (κ2) is 11.2. The predicted molar refractivity (Wildman–Crippen MR) is 149 cm³/mol. The van der Waals surface area contributed by atoms with E-state index in [1.807, 2.05) is 24.3 Å². The summed E-state index contributed by atoms with van der Waals surface area (Å²) in [5.74, 6) is -1.56. The molecule has 2 heterocycles. The molecule has 0 aromatic heterocycles. The van der Waals surface area contributed by atoms with Crippen LogP contribution >= 0.6 is 0 Å². The molecule has 3 aromatic carbocycles. The van der Waals surface area contributed by atoms with Gasteiger partial charge < -0.3 is 9.64 Å². The SMILES string of the molecule is O=C1CCC(N2C(=O)c3cccc(OCc4ccc(CN5CCN(c6ccc(F)cc6)CC5)cc4)c3C2=O)C(=O)C1. The molecule has 0 bridgehead atoms. The Hall–Kier alpha value is -4.37. The molecule has 3 aliphatic rings. The van der Waals surface area contributed by atoms with Crippen molar-refractivity contribution in [1.82, 2.24) is 9.80 Å². The number of imide groups is 1. The van der Waals surface area contributed by atoms with Crippen molar-refractivity contribution in [3.05, 3.63) is 94.8 Å². The smallest absolute Gasteiger partial charge is 0.266 e. The van der Waals surface area contributed by atoms with Crippen LogP contribution in [0.1, 0.15) is 51.1 Å². The number of halogens is 1. The van der Waals surface area contributed by atoms with Crippen LogP contribution in [0.15, 0.2) is 66.7 Å². The minimum atomic E-state index is -0.911. The average molecular weight is 556 g/mol. The van der Waals surface area contributed by atoms with E-state index >= 15 is 0 Å². The van der Waals surface area contributed by atoms with Gasteiger partial charge in [0.25, 0.3) is 11.8 Å². The molecule has 0 spiro atoms. The van der Waals surface area contributed by atoms with E-state index in [4.69, 9.17) is 4.74 Å².